The Morgan fingerprint density at radius 1 is 1.09 bits per heavy atom. The van der Waals surface area contributed by atoms with Gasteiger partial charge in [0.1, 0.15) is 11.2 Å². The number of nitrogens with zero attached hydrogens (tertiary/aromatic N) is 6. The van der Waals surface area contributed by atoms with E-state index in [4.69, 9.17) is 38.1 Å². The van der Waals surface area contributed by atoms with Crippen LogP contribution < -0.4 is 4.84 Å². The molecule has 1 atom stereocenters. The Labute approximate surface area is 213 Å². The van der Waals surface area contributed by atoms with Gasteiger partial charge in [0.2, 0.25) is 0 Å². The van der Waals surface area contributed by atoms with E-state index in [9.17, 15) is 0 Å². The second-order valence-electron chi connectivity index (χ2n) is 9.45. The van der Waals surface area contributed by atoms with Gasteiger partial charge in [-0.1, -0.05) is 46.2 Å². The number of rotatable bonds is 5. The number of pyridine rings is 1. The van der Waals surface area contributed by atoms with Gasteiger partial charge in [0, 0.05) is 42.5 Å². The van der Waals surface area contributed by atoms with Gasteiger partial charge in [-0.05, 0) is 46.0 Å². The molecule has 182 valence electrons. The van der Waals surface area contributed by atoms with Gasteiger partial charge in [-0.3, -0.25) is 9.88 Å². The Balaban J connectivity index is 1.27. The first-order valence-electron chi connectivity index (χ1n) is 11.9. The van der Waals surface area contributed by atoms with Crippen molar-refractivity contribution >= 4 is 34.1 Å². The molecule has 1 fully saturated rings. The molecule has 35 heavy (non-hydrogen) atoms. The maximum Gasteiger partial charge on any atom is 0.159 e. The third-order valence-corrected chi connectivity index (χ3v) is 7.72. The predicted octanol–water partition coefficient (Wildman–Crippen LogP) is 4.73. The molecule has 0 spiro atoms. The van der Waals surface area contributed by atoms with E-state index in [0.717, 1.165) is 54.3 Å². The van der Waals surface area contributed by atoms with Crippen LogP contribution in [0.2, 0.25) is 10.0 Å². The van der Waals surface area contributed by atoms with Crippen LogP contribution in [-0.2, 0) is 13.1 Å². The topological polar surface area (TPSA) is 75.1 Å². The average molecular weight is 512 g/mol. The van der Waals surface area contributed by atoms with Crippen LogP contribution in [0.25, 0.3) is 22.4 Å². The van der Waals surface area contributed by atoms with Gasteiger partial charge in [-0.15, -0.1) is 5.10 Å². The Hall–Kier alpha value is -2.65. The zero-order valence-corrected chi connectivity index (χ0v) is 21.2. The Bertz CT molecular complexity index is 1330. The standard InChI is InChI=1S/C25H27Cl2N7O/c1-15(23-18(26)11-28-12-19(23)27)35-34-22-6-4-3-5-17(22)24(31-34)25-29-20-13-33(14-21(20)30-25)16-7-9-32(2)10-8-16/h3-6,11-12,15-16H,7-10,13-14H2,1-2H3,(H,29,30). The fourth-order valence-corrected chi connectivity index (χ4v) is 5.87. The van der Waals surface area contributed by atoms with Crippen LogP contribution in [0.4, 0.5) is 0 Å². The van der Waals surface area contributed by atoms with E-state index in [2.05, 4.69) is 26.8 Å². The lowest BCUT2D eigenvalue weighted by atomic mass is 10.0. The van der Waals surface area contributed by atoms with Crippen molar-refractivity contribution in [2.75, 3.05) is 20.1 Å². The van der Waals surface area contributed by atoms with Crippen molar-refractivity contribution in [3.05, 3.63) is 63.7 Å². The molecule has 2 aliphatic heterocycles. The summed E-state index contributed by atoms with van der Waals surface area (Å²) in [7, 11) is 2.20. The molecule has 3 aromatic heterocycles. The van der Waals surface area contributed by atoms with Crippen LogP contribution >= 0.6 is 23.2 Å². The van der Waals surface area contributed by atoms with Crippen molar-refractivity contribution in [1.82, 2.24) is 34.7 Å². The van der Waals surface area contributed by atoms with E-state index < -0.39 is 6.10 Å². The van der Waals surface area contributed by atoms with E-state index in [-0.39, 0.29) is 0 Å². The second-order valence-corrected chi connectivity index (χ2v) is 10.3. The Morgan fingerprint density at radius 3 is 2.57 bits per heavy atom. The van der Waals surface area contributed by atoms with Gasteiger partial charge in [0.05, 0.1) is 21.4 Å². The van der Waals surface area contributed by atoms with Crippen molar-refractivity contribution in [3.63, 3.8) is 0 Å². The molecular formula is C25H27Cl2N7O. The van der Waals surface area contributed by atoms with Crippen molar-refractivity contribution < 1.29 is 4.84 Å². The number of likely N-dealkylation sites (tertiary alicyclic amines) is 1. The van der Waals surface area contributed by atoms with Crippen molar-refractivity contribution in [3.8, 4) is 11.5 Å². The van der Waals surface area contributed by atoms with Gasteiger partial charge >= 0.3 is 0 Å². The summed E-state index contributed by atoms with van der Waals surface area (Å²) in [6, 6.07) is 8.60. The smallest absolute Gasteiger partial charge is 0.159 e. The number of benzene rings is 1. The summed E-state index contributed by atoms with van der Waals surface area (Å²) in [5.74, 6) is 0.768. The fraction of sp³-hybridized carbons (Fsp3) is 0.400. The number of imidazole rings is 1. The molecule has 10 heteroatoms. The number of para-hydroxylation sites is 1. The molecule has 1 N–H and O–H groups in total. The minimum absolute atomic E-state index is 0.432. The predicted molar refractivity (Wildman–Crippen MR) is 136 cm³/mol. The summed E-state index contributed by atoms with van der Waals surface area (Å²) >= 11 is 12.7. The monoisotopic (exact) mass is 511 g/mol. The molecule has 1 unspecified atom stereocenters. The lowest BCUT2D eigenvalue weighted by Crippen LogP contribution is -2.41. The van der Waals surface area contributed by atoms with Crippen LogP contribution in [0.3, 0.4) is 0 Å². The lowest BCUT2D eigenvalue weighted by molar-refractivity contribution is 0.0332. The van der Waals surface area contributed by atoms with Crippen LogP contribution in [0, 0.1) is 0 Å². The number of aromatic nitrogens is 5. The summed E-state index contributed by atoms with van der Waals surface area (Å²) in [6.45, 7) is 5.99. The van der Waals surface area contributed by atoms with Crippen LogP contribution in [0.15, 0.2) is 36.7 Å². The van der Waals surface area contributed by atoms with Crippen LogP contribution in [0.5, 0.6) is 0 Å². The summed E-state index contributed by atoms with van der Waals surface area (Å²) < 4.78 is 0. The molecule has 4 aromatic rings. The van der Waals surface area contributed by atoms with E-state index in [0.29, 0.717) is 21.7 Å². The largest absolute Gasteiger partial charge is 0.388 e. The number of H-pyrrole nitrogens is 1. The minimum Gasteiger partial charge on any atom is -0.388 e. The molecule has 5 heterocycles. The summed E-state index contributed by atoms with van der Waals surface area (Å²) in [4.78, 5) is 25.3. The molecule has 1 saturated heterocycles. The number of hydrogen-bond acceptors (Lipinski definition) is 6. The normalized spacial score (nSPS) is 18.3. The van der Waals surface area contributed by atoms with Crippen LogP contribution in [0.1, 0.15) is 42.8 Å². The third kappa shape index (κ3) is 4.18. The highest BCUT2D eigenvalue weighted by atomic mass is 35.5. The molecule has 0 aliphatic carbocycles. The highest BCUT2D eigenvalue weighted by Gasteiger charge is 2.31. The highest BCUT2D eigenvalue weighted by Crippen LogP contribution is 2.33. The molecule has 1 aromatic carbocycles. The molecule has 0 saturated carbocycles. The van der Waals surface area contributed by atoms with Crippen molar-refractivity contribution in [2.45, 2.75) is 45.0 Å². The van der Waals surface area contributed by atoms with Crippen molar-refractivity contribution in [2.24, 2.45) is 0 Å². The van der Waals surface area contributed by atoms with Gasteiger partial charge in [0.25, 0.3) is 0 Å². The average Bonchev–Trinajstić information content (AvgIpc) is 3.51. The summed E-state index contributed by atoms with van der Waals surface area (Å²) in [6.07, 6.45) is 5.12. The van der Waals surface area contributed by atoms with E-state index in [1.165, 1.54) is 18.5 Å². The van der Waals surface area contributed by atoms with Gasteiger partial charge in [0.15, 0.2) is 11.9 Å². The maximum atomic E-state index is 6.35. The number of nitrogens with one attached hydrogen (secondary N) is 1. The molecular weight excluding hydrogens is 485 g/mol. The summed E-state index contributed by atoms with van der Waals surface area (Å²) in [5, 5.41) is 6.67. The van der Waals surface area contributed by atoms with Crippen LogP contribution in [-0.4, -0.2) is 60.9 Å². The minimum atomic E-state index is -0.432. The quantitative estimate of drug-likeness (QED) is 0.417. The SMILES string of the molecule is CC(On1nc(-c2nc3c([nH]2)CN(C2CCN(C)CC2)C3)c2ccccc21)c1c(Cl)cncc1Cl. The number of aromatic amines is 1. The first-order chi connectivity index (χ1) is 17.0. The molecule has 8 nitrogen and oxygen atoms in total. The number of hydrogen-bond donors (Lipinski definition) is 1. The first kappa shape index (κ1) is 22.8. The van der Waals surface area contributed by atoms with Gasteiger partial charge < -0.3 is 14.7 Å². The zero-order valence-electron chi connectivity index (χ0n) is 19.7. The molecule has 6 rings (SSSR count). The number of halogens is 2. The fourth-order valence-electron chi connectivity index (χ4n) is 5.20. The Morgan fingerprint density at radius 2 is 1.83 bits per heavy atom. The first-order valence-corrected chi connectivity index (χ1v) is 12.7. The zero-order chi connectivity index (χ0) is 24.1. The number of piperidine rings is 1. The lowest BCUT2D eigenvalue weighted by Gasteiger charge is -2.34. The maximum absolute atomic E-state index is 6.35. The number of fused-ring (bicyclic) bond motifs is 2. The molecule has 0 radical (unpaired) electrons. The Kier molecular flexibility index (Phi) is 5.92. The highest BCUT2D eigenvalue weighted by molar-refractivity contribution is 6.35. The second kappa shape index (κ2) is 9.09. The molecule has 0 bridgehead atoms. The van der Waals surface area contributed by atoms with Gasteiger partial charge in [-0.25, -0.2) is 4.98 Å². The van der Waals surface area contributed by atoms with E-state index in [1.807, 2.05) is 31.2 Å². The molecule has 0 amide bonds. The van der Waals surface area contributed by atoms with Crippen molar-refractivity contribution in [1.29, 1.82) is 0 Å². The van der Waals surface area contributed by atoms with Gasteiger partial charge in [-0.2, -0.15) is 0 Å². The summed E-state index contributed by atoms with van der Waals surface area (Å²) in [5.41, 5.74) is 4.58. The third-order valence-electron chi connectivity index (χ3n) is 7.12. The van der Waals surface area contributed by atoms with E-state index >= 15 is 0 Å². The molecule has 2 aliphatic rings. The van der Waals surface area contributed by atoms with E-state index in [1.54, 1.807) is 17.2 Å².